The maximum atomic E-state index is 13.3. The molecular weight excluding hydrogens is 396 g/mol. The molecule has 0 amide bonds. The number of halogens is 2. The summed E-state index contributed by atoms with van der Waals surface area (Å²) in [4.78, 5) is 4.57. The van der Waals surface area contributed by atoms with Crippen molar-refractivity contribution in [3.05, 3.63) is 89.8 Å². The van der Waals surface area contributed by atoms with Gasteiger partial charge < -0.3 is 4.40 Å². The van der Waals surface area contributed by atoms with Crippen LogP contribution in [0.1, 0.15) is 11.1 Å². The number of nitrogens with zero attached hydrogens (tertiary/aromatic N) is 2. The minimum absolute atomic E-state index is 0.0295. The molecule has 2 heterocycles. The van der Waals surface area contributed by atoms with Gasteiger partial charge in [0.15, 0.2) is 0 Å². The van der Waals surface area contributed by atoms with Gasteiger partial charge >= 0.3 is 0 Å². The molecule has 0 aliphatic rings. The van der Waals surface area contributed by atoms with Crippen LogP contribution < -0.4 is 4.72 Å². The predicted molar refractivity (Wildman–Crippen MR) is 108 cm³/mol. The second-order valence-electron chi connectivity index (χ2n) is 6.82. The minimum Gasteiger partial charge on any atom is -0.306 e. The Hall–Kier alpha value is -3.26. The number of rotatable bonds is 5. The molecule has 0 saturated heterocycles. The Bertz CT molecular complexity index is 1300. The summed E-state index contributed by atoms with van der Waals surface area (Å²) in [5.41, 5.74) is 3.69. The average molecular weight is 413 g/mol. The SMILES string of the molecule is Cc1ccn2cc(-c3cccc(NS(=O)(=O)Cc4cc(F)cc(F)c4)c3)nc2c1. The number of imidazole rings is 1. The number of pyridine rings is 1. The van der Waals surface area contributed by atoms with E-state index in [0.29, 0.717) is 17.4 Å². The smallest absolute Gasteiger partial charge is 0.236 e. The van der Waals surface area contributed by atoms with Gasteiger partial charge in [-0.3, -0.25) is 4.72 Å². The van der Waals surface area contributed by atoms with Crippen molar-refractivity contribution in [2.45, 2.75) is 12.7 Å². The number of hydrogen-bond acceptors (Lipinski definition) is 3. The lowest BCUT2D eigenvalue weighted by atomic mass is 10.1. The molecule has 4 rings (SSSR count). The second-order valence-corrected chi connectivity index (χ2v) is 8.54. The van der Waals surface area contributed by atoms with Crippen molar-refractivity contribution in [3.63, 3.8) is 0 Å². The van der Waals surface area contributed by atoms with Gasteiger partial charge in [0, 0.05) is 29.7 Å². The van der Waals surface area contributed by atoms with Gasteiger partial charge in [0.2, 0.25) is 10.0 Å². The van der Waals surface area contributed by atoms with E-state index in [1.807, 2.05) is 41.9 Å². The number of sulfonamides is 1. The molecule has 0 unspecified atom stereocenters. The van der Waals surface area contributed by atoms with E-state index in [1.165, 1.54) is 0 Å². The molecule has 0 bridgehead atoms. The lowest BCUT2D eigenvalue weighted by Gasteiger charge is -2.09. The second kappa shape index (κ2) is 7.29. The monoisotopic (exact) mass is 413 g/mol. The standard InChI is InChI=1S/C21H17F2N3O2S/c1-14-5-6-26-12-20(24-21(26)7-14)16-3-2-4-19(10-16)25-29(27,28)13-15-8-17(22)11-18(23)9-15/h2-12,25H,13H2,1H3. The van der Waals surface area contributed by atoms with Crippen LogP contribution in [0.5, 0.6) is 0 Å². The summed E-state index contributed by atoms with van der Waals surface area (Å²) in [6.07, 6.45) is 3.77. The summed E-state index contributed by atoms with van der Waals surface area (Å²) in [6, 6.07) is 13.4. The van der Waals surface area contributed by atoms with Crippen molar-refractivity contribution >= 4 is 21.4 Å². The first kappa shape index (κ1) is 19.1. The van der Waals surface area contributed by atoms with Gasteiger partial charge in [0.1, 0.15) is 17.3 Å². The van der Waals surface area contributed by atoms with Gasteiger partial charge in [-0.2, -0.15) is 0 Å². The number of hydrogen-bond donors (Lipinski definition) is 1. The third kappa shape index (κ3) is 4.43. The van der Waals surface area contributed by atoms with Gasteiger partial charge in [-0.25, -0.2) is 22.2 Å². The first-order valence-electron chi connectivity index (χ1n) is 8.79. The lowest BCUT2D eigenvalue weighted by molar-refractivity contribution is 0.579. The van der Waals surface area contributed by atoms with Gasteiger partial charge in [-0.1, -0.05) is 12.1 Å². The Morgan fingerprint density at radius 1 is 1.03 bits per heavy atom. The van der Waals surface area contributed by atoms with Crippen LogP contribution in [-0.2, 0) is 15.8 Å². The fourth-order valence-corrected chi connectivity index (χ4v) is 4.26. The molecule has 2 aromatic heterocycles. The van der Waals surface area contributed by atoms with Crippen molar-refractivity contribution in [1.29, 1.82) is 0 Å². The molecule has 5 nitrogen and oxygen atoms in total. The van der Waals surface area contributed by atoms with Crippen molar-refractivity contribution in [2.24, 2.45) is 0 Å². The zero-order chi connectivity index (χ0) is 20.6. The third-order valence-electron chi connectivity index (χ3n) is 4.33. The zero-order valence-electron chi connectivity index (χ0n) is 15.4. The Labute approximate surface area is 166 Å². The van der Waals surface area contributed by atoms with E-state index in [4.69, 9.17) is 0 Å². The van der Waals surface area contributed by atoms with E-state index >= 15 is 0 Å². The van der Waals surface area contributed by atoms with Gasteiger partial charge in [0.25, 0.3) is 0 Å². The van der Waals surface area contributed by atoms with E-state index in [0.717, 1.165) is 28.9 Å². The molecule has 0 aliphatic heterocycles. The molecule has 0 saturated carbocycles. The summed E-state index contributed by atoms with van der Waals surface area (Å²) in [6.45, 7) is 1.98. The zero-order valence-corrected chi connectivity index (χ0v) is 16.2. The molecule has 0 aliphatic carbocycles. The van der Waals surface area contributed by atoms with Crippen molar-refractivity contribution in [3.8, 4) is 11.3 Å². The van der Waals surface area contributed by atoms with E-state index in [2.05, 4.69) is 9.71 Å². The molecule has 2 aromatic carbocycles. The highest BCUT2D eigenvalue weighted by atomic mass is 32.2. The van der Waals surface area contributed by atoms with Crippen LogP contribution in [0.15, 0.2) is 67.0 Å². The molecule has 29 heavy (non-hydrogen) atoms. The van der Waals surface area contributed by atoms with E-state index in [-0.39, 0.29) is 5.56 Å². The maximum absolute atomic E-state index is 13.3. The Balaban J connectivity index is 1.59. The average Bonchev–Trinajstić information content (AvgIpc) is 3.03. The Morgan fingerprint density at radius 3 is 2.55 bits per heavy atom. The molecular formula is C21H17F2N3O2S. The number of nitrogens with one attached hydrogen (secondary N) is 1. The molecule has 0 atom stereocenters. The summed E-state index contributed by atoms with van der Waals surface area (Å²) >= 11 is 0. The van der Waals surface area contributed by atoms with E-state index in [1.54, 1.807) is 18.2 Å². The van der Waals surface area contributed by atoms with Gasteiger partial charge in [-0.05, 0) is 54.4 Å². The lowest BCUT2D eigenvalue weighted by Crippen LogP contribution is -2.15. The van der Waals surface area contributed by atoms with Crippen LogP contribution >= 0.6 is 0 Å². The largest absolute Gasteiger partial charge is 0.306 e. The first-order valence-corrected chi connectivity index (χ1v) is 10.4. The summed E-state index contributed by atoms with van der Waals surface area (Å²) in [7, 11) is -3.86. The third-order valence-corrected chi connectivity index (χ3v) is 5.59. The highest BCUT2D eigenvalue weighted by molar-refractivity contribution is 7.91. The maximum Gasteiger partial charge on any atom is 0.236 e. The van der Waals surface area contributed by atoms with Crippen molar-refractivity contribution in [2.75, 3.05) is 4.72 Å². The number of aryl methyl sites for hydroxylation is 1. The van der Waals surface area contributed by atoms with Crippen molar-refractivity contribution < 1.29 is 17.2 Å². The number of fused-ring (bicyclic) bond motifs is 1. The van der Waals surface area contributed by atoms with Gasteiger partial charge in [-0.15, -0.1) is 0 Å². The molecule has 0 radical (unpaired) electrons. The van der Waals surface area contributed by atoms with E-state index < -0.39 is 27.4 Å². The highest BCUT2D eigenvalue weighted by Gasteiger charge is 2.14. The normalized spacial score (nSPS) is 11.7. The van der Waals surface area contributed by atoms with Crippen molar-refractivity contribution in [1.82, 2.24) is 9.38 Å². The van der Waals surface area contributed by atoms with Gasteiger partial charge in [0.05, 0.1) is 11.4 Å². The number of anilines is 1. The van der Waals surface area contributed by atoms with Crippen LogP contribution in [0, 0.1) is 18.6 Å². The quantitative estimate of drug-likeness (QED) is 0.523. The molecule has 1 N–H and O–H groups in total. The topological polar surface area (TPSA) is 63.5 Å². The van der Waals surface area contributed by atoms with E-state index in [9.17, 15) is 17.2 Å². The molecule has 0 spiro atoms. The predicted octanol–water partition coefficient (Wildman–Crippen LogP) is 4.53. The van der Waals surface area contributed by atoms with Crippen LogP contribution in [0.4, 0.5) is 14.5 Å². The fourth-order valence-electron chi connectivity index (χ4n) is 3.09. The Kier molecular flexibility index (Phi) is 4.79. The molecule has 0 fully saturated rings. The highest BCUT2D eigenvalue weighted by Crippen LogP contribution is 2.24. The van der Waals surface area contributed by atoms with Crippen LogP contribution in [0.3, 0.4) is 0 Å². The molecule has 148 valence electrons. The summed E-state index contributed by atoms with van der Waals surface area (Å²) < 4.78 is 55.9. The molecule has 4 aromatic rings. The van der Waals surface area contributed by atoms with Crippen LogP contribution in [-0.4, -0.2) is 17.8 Å². The number of benzene rings is 2. The fraction of sp³-hybridized carbons (Fsp3) is 0.0952. The summed E-state index contributed by atoms with van der Waals surface area (Å²) in [5.74, 6) is -2.18. The summed E-state index contributed by atoms with van der Waals surface area (Å²) in [5, 5.41) is 0. The van der Waals surface area contributed by atoms with Crippen LogP contribution in [0.25, 0.3) is 16.9 Å². The molecule has 8 heteroatoms. The Morgan fingerprint density at radius 2 is 1.79 bits per heavy atom. The number of aromatic nitrogens is 2. The van der Waals surface area contributed by atoms with Crippen LogP contribution in [0.2, 0.25) is 0 Å². The minimum atomic E-state index is -3.86. The first-order chi connectivity index (χ1) is 13.8.